The average Bonchev–Trinajstić information content (AvgIpc) is 2.56. The fraction of sp³-hybridized carbons (Fsp3) is 0.550. The van der Waals surface area contributed by atoms with Crippen molar-refractivity contribution < 1.29 is 4.79 Å². The standard InChI is InChI=1S/C20H28N2O/c23-20(17-9-5-4-6-10-17)21-18-13-15-22(16-14-18)19-11-7-2-1-3-8-12-19/h4-7,9-11,18-19H,1-3,8,12-16H2,(H,21,23)/b11-7-. The van der Waals surface area contributed by atoms with Crippen molar-refractivity contribution in [2.24, 2.45) is 0 Å². The van der Waals surface area contributed by atoms with Gasteiger partial charge in [0.15, 0.2) is 0 Å². The van der Waals surface area contributed by atoms with Gasteiger partial charge in [0, 0.05) is 30.7 Å². The van der Waals surface area contributed by atoms with E-state index in [-0.39, 0.29) is 5.91 Å². The molecule has 1 N–H and O–H groups in total. The largest absolute Gasteiger partial charge is 0.349 e. The highest BCUT2D eigenvalue weighted by Gasteiger charge is 2.24. The van der Waals surface area contributed by atoms with Crippen LogP contribution in [0.3, 0.4) is 0 Å². The zero-order valence-electron chi connectivity index (χ0n) is 13.9. The Hall–Kier alpha value is -1.61. The Bertz CT molecular complexity index is 518. The zero-order valence-corrected chi connectivity index (χ0v) is 13.9. The molecular weight excluding hydrogens is 284 g/mol. The van der Waals surface area contributed by atoms with E-state index in [1.807, 2.05) is 30.3 Å². The van der Waals surface area contributed by atoms with Crippen LogP contribution >= 0.6 is 0 Å². The molecule has 1 aromatic rings. The van der Waals surface area contributed by atoms with Crippen molar-refractivity contribution in [1.82, 2.24) is 10.2 Å². The molecule has 3 nitrogen and oxygen atoms in total. The maximum Gasteiger partial charge on any atom is 0.251 e. The molecule has 23 heavy (non-hydrogen) atoms. The predicted octanol–water partition coefficient (Wildman–Crippen LogP) is 3.77. The average molecular weight is 312 g/mol. The first-order chi connectivity index (χ1) is 11.3. The summed E-state index contributed by atoms with van der Waals surface area (Å²) in [7, 11) is 0. The van der Waals surface area contributed by atoms with E-state index < -0.39 is 0 Å². The van der Waals surface area contributed by atoms with Gasteiger partial charge in [-0.2, -0.15) is 0 Å². The summed E-state index contributed by atoms with van der Waals surface area (Å²) in [5.41, 5.74) is 0.762. The van der Waals surface area contributed by atoms with Crippen molar-refractivity contribution in [3.63, 3.8) is 0 Å². The lowest BCUT2D eigenvalue weighted by molar-refractivity contribution is 0.0899. The first-order valence-electron chi connectivity index (χ1n) is 9.09. The molecule has 0 spiro atoms. The SMILES string of the molecule is O=C(NC1CCN(C2/C=C\CCCCC2)CC1)c1ccccc1. The number of piperidine rings is 1. The molecule has 0 radical (unpaired) electrons. The monoisotopic (exact) mass is 312 g/mol. The van der Waals surface area contributed by atoms with E-state index in [9.17, 15) is 4.79 Å². The second-order valence-corrected chi connectivity index (χ2v) is 6.78. The smallest absolute Gasteiger partial charge is 0.251 e. The highest BCUT2D eigenvalue weighted by molar-refractivity contribution is 5.94. The molecule has 1 amide bonds. The molecule has 0 saturated carbocycles. The van der Waals surface area contributed by atoms with E-state index in [0.29, 0.717) is 12.1 Å². The molecule has 1 aliphatic heterocycles. The molecule has 1 fully saturated rings. The molecule has 124 valence electrons. The van der Waals surface area contributed by atoms with Crippen molar-refractivity contribution in [1.29, 1.82) is 0 Å². The summed E-state index contributed by atoms with van der Waals surface area (Å²) in [6.07, 6.45) is 13.5. The Morgan fingerprint density at radius 1 is 1.00 bits per heavy atom. The van der Waals surface area contributed by atoms with Crippen LogP contribution in [-0.2, 0) is 0 Å². The number of amides is 1. The van der Waals surface area contributed by atoms with Crippen LogP contribution in [0, 0.1) is 0 Å². The first-order valence-corrected chi connectivity index (χ1v) is 9.09. The van der Waals surface area contributed by atoms with Crippen molar-refractivity contribution in [2.45, 2.75) is 57.0 Å². The molecule has 3 heteroatoms. The molecule has 3 rings (SSSR count). The van der Waals surface area contributed by atoms with Gasteiger partial charge in [-0.05, 0) is 44.2 Å². The molecule has 2 aliphatic rings. The number of hydrogen-bond donors (Lipinski definition) is 1. The topological polar surface area (TPSA) is 32.3 Å². The summed E-state index contributed by atoms with van der Waals surface area (Å²) in [6, 6.07) is 10.5. The zero-order chi connectivity index (χ0) is 15.9. The third kappa shape index (κ3) is 4.68. The van der Waals surface area contributed by atoms with E-state index in [2.05, 4.69) is 22.4 Å². The van der Waals surface area contributed by atoms with Gasteiger partial charge in [0.1, 0.15) is 0 Å². The Labute approximate surface area is 139 Å². The second-order valence-electron chi connectivity index (χ2n) is 6.78. The number of allylic oxidation sites excluding steroid dienone is 1. The van der Waals surface area contributed by atoms with Crippen LogP contribution in [-0.4, -0.2) is 36.0 Å². The number of rotatable bonds is 3. The van der Waals surface area contributed by atoms with Gasteiger partial charge in [-0.25, -0.2) is 0 Å². The van der Waals surface area contributed by atoms with Crippen LogP contribution in [0.2, 0.25) is 0 Å². The van der Waals surface area contributed by atoms with Crippen molar-refractivity contribution in [3.8, 4) is 0 Å². The normalized spacial score (nSPS) is 25.3. The maximum atomic E-state index is 12.2. The summed E-state index contributed by atoms with van der Waals surface area (Å²) in [4.78, 5) is 14.8. The predicted molar refractivity (Wildman–Crippen MR) is 94.5 cm³/mol. The summed E-state index contributed by atoms with van der Waals surface area (Å²) >= 11 is 0. The molecule has 1 unspecified atom stereocenters. The minimum absolute atomic E-state index is 0.0647. The number of carbonyl (C=O) groups excluding carboxylic acids is 1. The van der Waals surface area contributed by atoms with Gasteiger partial charge < -0.3 is 5.32 Å². The molecule has 1 aliphatic carbocycles. The lowest BCUT2D eigenvalue weighted by atomic mass is 9.97. The van der Waals surface area contributed by atoms with Gasteiger partial charge in [0.05, 0.1) is 0 Å². The number of likely N-dealkylation sites (tertiary alicyclic amines) is 1. The maximum absolute atomic E-state index is 12.2. The first kappa shape index (κ1) is 16.3. The van der Waals surface area contributed by atoms with Gasteiger partial charge in [-0.3, -0.25) is 9.69 Å². The minimum Gasteiger partial charge on any atom is -0.349 e. The van der Waals surface area contributed by atoms with E-state index in [1.165, 1.54) is 32.1 Å². The summed E-state index contributed by atoms with van der Waals surface area (Å²) in [6.45, 7) is 2.18. The van der Waals surface area contributed by atoms with Gasteiger partial charge in [-0.1, -0.05) is 43.2 Å². The molecule has 1 atom stereocenters. The fourth-order valence-corrected chi connectivity index (χ4v) is 3.68. The van der Waals surface area contributed by atoms with E-state index in [4.69, 9.17) is 0 Å². The van der Waals surface area contributed by atoms with E-state index in [1.54, 1.807) is 0 Å². The van der Waals surface area contributed by atoms with Crippen LogP contribution in [0.15, 0.2) is 42.5 Å². The Kier molecular flexibility index (Phi) is 5.87. The van der Waals surface area contributed by atoms with E-state index in [0.717, 1.165) is 31.5 Å². The van der Waals surface area contributed by atoms with Crippen molar-refractivity contribution in [2.75, 3.05) is 13.1 Å². The Morgan fingerprint density at radius 2 is 1.78 bits per heavy atom. The van der Waals surface area contributed by atoms with Crippen molar-refractivity contribution >= 4 is 5.91 Å². The highest BCUT2D eigenvalue weighted by Crippen LogP contribution is 2.21. The highest BCUT2D eigenvalue weighted by atomic mass is 16.1. The lowest BCUT2D eigenvalue weighted by Crippen LogP contribution is -2.47. The number of hydrogen-bond acceptors (Lipinski definition) is 2. The van der Waals surface area contributed by atoms with Crippen LogP contribution in [0.5, 0.6) is 0 Å². The van der Waals surface area contributed by atoms with Crippen molar-refractivity contribution in [3.05, 3.63) is 48.0 Å². The number of carbonyl (C=O) groups is 1. The molecule has 1 heterocycles. The minimum atomic E-state index is 0.0647. The Morgan fingerprint density at radius 3 is 2.57 bits per heavy atom. The molecule has 1 saturated heterocycles. The molecule has 0 bridgehead atoms. The van der Waals surface area contributed by atoms with Gasteiger partial charge >= 0.3 is 0 Å². The molecule has 1 aromatic carbocycles. The second kappa shape index (κ2) is 8.30. The number of nitrogens with zero attached hydrogens (tertiary/aromatic N) is 1. The third-order valence-electron chi connectivity index (χ3n) is 5.10. The van der Waals surface area contributed by atoms with Gasteiger partial charge in [-0.15, -0.1) is 0 Å². The quantitative estimate of drug-likeness (QED) is 0.862. The molecular formula is C20H28N2O. The van der Waals surface area contributed by atoms with E-state index >= 15 is 0 Å². The number of nitrogens with one attached hydrogen (secondary N) is 1. The Balaban J connectivity index is 1.48. The summed E-state index contributed by atoms with van der Waals surface area (Å²) in [5.74, 6) is 0.0647. The van der Waals surface area contributed by atoms with Crippen LogP contribution in [0.25, 0.3) is 0 Å². The fourth-order valence-electron chi connectivity index (χ4n) is 3.68. The number of benzene rings is 1. The van der Waals surface area contributed by atoms with Gasteiger partial charge in [0.2, 0.25) is 0 Å². The van der Waals surface area contributed by atoms with Gasteiger partial charge in [0.25, 0.3) is 5.91 Å². The van der Waals surface area contributed by atoms with Crippen LogP contribution < -0.4 is 5.32 Å². The summed E-state index contributed by atoms with van der Waals surface area (Å²) < 4.78 is 0. The molecule has 0 aromatic heterocycles. The van der Waals surface area contributed by atoms with Crippen LogP contribution in [0.4, 0.5) is 0 Å². The summed E-state index contributed by atoms with van der Waals surface area (Å²) in [5, 5.41) is 3.20. The van der Waals surface area contributed by atoms with Crippen LogP contribution in [0.1, 0.15) is 55.3 Å². The lowest BCUT2D eigenvalue weighted by Gasteiger charge is -2.37. The third-order valence-corrected chi connectivity index (χ3v) is 5.10.